The van der Waals surface area contributed by atoms with Crippen LogP contribution in [0.15, 0.2) is 41.1 Å². The molecule has 142 valence electrons. The molecular weight excluding hydrogens is 444 g/mol. The number of hydrogen-bond acceptors (Lipinski definition) is 3. The molecule has 0 atom stereocenters. The highest BCUT2D eigenvalue weighted by Crippen LogP contribution is 2.28. The van der Waals surface area contributed by atoms with E-state index in [-0.39, 0.29) is 22.6 Å². The Morgan fingerprint density at radius 2 is 2.04 bits per heavy atom. The Kier molecular flexibility index (Phi) is 5.91. The van der Waals surface area contributed by atoms with E-state index in [1.165, 1.54) is 10.9 Å². The van der Waals surface area contributed by atoms with Gasteiger partial charge in [0.1, 0.15) is 12.2 Å². The van der Waals surface area contributed by atoms with Crippen molar-refractivity contribution in [3.05, 3.63) is 63.1 Å². The molecule has 0 bridgehead atoms. The number of carbonyl (C=O) groups excluding carboxylic acids is 1. The minimum absolute atomic E-state index is 0.181. The molecule has 3 rings (SSSR count). The Labute approximate surface area is 167 Å². The third-order valence-corrected chi connectivity index (χ3v) is 5.07. The molecule has 6 nitrogen and oxygen atoms in total. The first kappa shape index (κ1) is 19.5. The minimum atomic E-state index is -2.71. The summed E-state index contributed by atoms with van der Waals surface area (Å²) in [6.45, 7) is 1.95. The van der Waals surface area contributed by atoms with Crippen LogP contribution in [0.3, 0.4) is 0 Å². The first-order valence-electron chi connectivity index (χ1n) is 7.91. The van der Waals surface area contributed by atoms with Gasteiger partial charge >= 0.3 is 0 Å². The Bertz CT molecular complexity index is 955. The van der Waals surface area contributed by atoms with Crippen LogP contribution in [0.4, 0.5) is 14.5 Å². The lowest BCUT2D eigenvalue weighted by Crippen LogP contribution is -2.20. The molecule has 0 unspecified atom stereocenters. The molecule has 0 saturated heterocycles. The number of nitrogens with zero attached hydrogens (tertiary/aromatic N) is 4. The lowest BCUT2D eigenvalue weighted by molar-refractivity contribution is -0.117. The molecule has 0 saturated carbocycles. The molecule has 1 amide bonds. The molecule has 0 aliphatic carbocycles. The van der Waals surface area contributed by atoms with Crippen molar-refractivity contribution in [1.29, 1.82) is 0 Å². The van der Waals surface area contributed by atoms with Crippen LogP contribution in [-0.4, -0.2) is 25.5 Å². The number of benzene rings is 1. The molecule has 0 aliphatic rings. The Morgan fingerprint density at radius 1 is 1.33 bits per heavy atom. The molecule has 27 heavy (non-hydrogen) atoms. The Morgan fingerprint density at radius 3 is 2.67 bits per heavy atom. The monoisotopic (exact) mass is 457 g/mol. The SMILES string of the molecule is Cc1c(Br)c(C(F)F)nn1CC(=O)Nc1cnn(Cc2ccc(Cl)cc2)c1. The van der Waals surface area contributed by atoms with E-state index in [0.29, 0.717) is 22.9 Å². The van der Waals surface area contributed by atoms with Gasteiger partial charge in [-0.25, -0.2) is 8.78 Å². The van der Waals surface area contributed by atoms with Gasteiger partial charge in [-0.05, 0) is 40.5 Å². The maximum atomic E-state index is 12.9. The van der Waals surface area contributed by atoms with Gasteiger partial charge < -0.3 is 5.32 Å². The highest BCUT2D eigenvalue weighted by molar-refractivity contribution is 9.10. The first-order valence-corrected chi connectivity index (χ1v) is 9.08. The summed E-state index contributed by atoms with van der Waals surface area (Å²) >= 11 is 8.94. The van der Waals surface area contributed by atoms with Crippen LogP contribution in [0.2, 0.25) is 5.02 Å². The van der Waals surface area contributed by atoms with Crippen molar-refractivity contribution in [1.82, 2.24) is 19.6 Å². The second-order valence-corrected chi connectivity index (χ2v) is 7.07. The van der Waals surface area contributed by atoms with Crippen LogP contribution in [0.25, 0.3) is 0 Å². The van der Waals surface area contributed by atoms with E-state index in [0.717, 1.165) is 5.56 Å². The predicted molar refractivity (Wildman–Crippen MR) is 101 cm³/mol. The van der Waals surface area contributed by atoms with E-state index >= 15 is 0 Å². The highest BCUT2D eigenvalue weighted by Gasteiger charge is 2.21. The van der Waals surface area contributed by atoms with E-state index in [2.05, 4.69) is 31.4 Å². The fraction of sp³-hybridized carbons (Fsp3) is 0.235. The van der Waals surface area contributed by atoms with Crippen LogP contribution in [-0.2, 0) is 17.9 Å². The molecular formula is C17H15BrClF2N5O. The number of carbonyl (C=O) groups is 1. The maximum absolute atomic E-state index is 12.9. The lowest BCUT2D eigenvalue weighted by Gasteiger charge is -2.05. The van der Waals surface area contributed by atoms with Crippen molar-refractivity contribution in [2.24, 2.45) is 0 Å². The zero-order valence-electron chi connectivity index (χ0n) is 14.2. The maximum Gasteiger partial charge on any atom is 0.283 e. The summed E-state index contributed by atoms with van der Waals surface area (Å²) in [5.74, 6) is -0.389. The van der Waals surface area contributed by atoms with Crippen molar-refractivity contribution >= 4 is 39.1 Å². The summed E-state index contributed by atoms with van der Waals surface area (Å²) in [5, 5.41) is 11.3. The van der Waals surface area contributed by atoms with Crippen molar-refractivity contribution < 1.29 is 13.6 Å². The van der Waals surface area contributed by atoms with Crippen LogP contribution >= 0.6 is 27.5 Å². The molecule has 10 heteroatoms. The summed E-state index contributed by atoms with van der Waals surface area (Å²) in [5.41, 5.74) is 1.60. The number of nitrogens with one attached hydrogen (secondary N) is 1. The smallest absolute Gasteiger partial charge is 0.283 e. The number of anilines is 1. The lowest BCUT2D eigenvalue weighted by atomic mass is 10.2. The standard InChI is InChI=1S/C17H15BrClF2N5O/c1-10-15(18)16(17(20)21)24-26(10)9-14(27)23-13-6-22-25(8-13)7-11-2-4-12(19)5-3-11/h2-6,8,17H,7,9H2,1H3,(H,23,27). The highest BCUT2D eigenvalue weighted by atomic mass is 79.9. The quantitative estimate of drug-likeness (QED) is 0.594. The van der Waals surface area contributed by atoms with E-state index in [1.807, 2.05) is 12.1 Å². The zero-order chi connectivity index (χ0) is 19.6. The van der Waals surface area contributed by atoms with Gasteiger partial charge in [0.25, 0.3) is 6.43 Å². The van der Waals surface area contributed by atoms with Gasteiger partial charge in [0.15, 0.2) is 0 Å². The van der Waals surface area contributed by atoms with Crippen LogP contribution in [0.5, 0.6) is 0 Å². The fourth-order valence-corrected chi connectivity index (χ4v) is 3.05. The van der Waals surface area contributed by atoms with Crippen molar-refractivity contribution in [2.75, 3.05) is 5.32 Å². The molecule has 0 spiro atoms. The molecule has 0 fully saturated rings. The van der Waals surface area contributed by atoms with Gasteiger partial charge in [0, 0.05) is 11.2 Å². The van der Waals surface area contributed by atoms with Crippen molar-refractivity contribution in [3.63, 3.8) is 0 Å². The summed E-state index contributed by atoms with van der Waals surface area (Å²) < 4.78 is 28.9. The van der Waals surface area contributed by atoms with Gasteiger partial charge in [-0.15, -0.1) is 0 Å². The largest absolute Gasteiger partial charge is 0.322 e. The normalized spacial score (nSPS) is 11.2. The van der Waals surface area contributed by atoms with Gasteiger partial charge in [-0.2, -0.15) is 10.2 Å². The number of amides is 1. The molecule has 1 N–H and O–H groups in total. The van der Waals surface area contributed by atoms with Gasteiger partial charge in [-0.3, -0.25) is 14.2 Å². The minimum Gasteiger partial charge on any atom is -0.322 e. The molecule has 0 aliphatic heterocycles. The van der Waals surface area contributed by atoms with Gasteiger partial charge in [-0.1, -0.05) is 23.7 Å². The van der Waals surface area contributed by atoms with E-state index in [4.69, 9.17) is 11.6 Å². The average Bonchev–Trinajstić information content (AvgIpc) is 3.16. The summed E-state index contributed by atoms with van der Waals surface area (Å²) in [7, 11) is 0. The molecule has 0 radical (unpaired) electrons. The topological polar surface area (TPSA) is 64.7 Å². The average molecular weight is 459 g/mol. The summed E-state index contributed by atoms with van der Waals surface area (Å²) in [4.78, 5) is 12.2. The summed E-state index contributed by atoms with van der Waals surface area (Å²) in [6, 6.07) is 7.37. The van der Waals surface area contributed by atoms with Crippen molar-refractivity contribution in [2.45, 2.75) is 26.4 Å². The second kappa shape index (κ2) is 8.18. The zero-order valence-corrected chi connectivity index (χ0v) is 16.5. The van der Waals surface area contributed by atoms with E-state index < -0.39 is 6.43 Å². The fourth-order valence-electron chi connectivity index (χ4n) is 2.47. The number of rotatable bonds is 6. The van der Waals surface area contributed by atoms with Crippen LogP contribution in [0, 0.1) is 6.92 Å². The predicted octanol–water partition coefficient (Wildman–Crippen LogP) is 4.43. The Hall–Kier alpha value is -2.26. The number of aromatic nitrogens is 4. The van der Waals surface area contributed by atoms with Crippen LogP contribution in [0.1, 0.15) is 23.4 Å². The molecule has 1 aromatic carbocycles. The van der Waals surface area contributed by atoms with E-state index in [9.17, 15) is 13.6 Å². The van der Waals surface area contributed by atoms with E-state index in [1.54, 1.807) is 29.9 Å². The van der Waals surface area contributed by atoms with Gasteiger partial charge in [0.05, 0.1) is 28.6 Å². The number of halogens is 4. The third-order valence-electron chi connectivity index (χ3n) is 3.83. The second-order valence-electron chi connectivity index (χ2n) is 5.84. The Balaban J connectivity index is 1.63. The molecule has 2 heterocycles. The van der Waals surface area contributed by atoms with Crippen LogP contribution < -0.4 is 5.32 Å². The first-order chi connectivity index (χ1) is 12.8. The molecule has 2 aromatic heterocycles. The summed E-state index contributed by atoms with van der Waals surface area (Å²) in [6.07, 6.45) is 0.487. The third kappa shape index (κ3) is 4.72. The number of alkyl halides is 2. The van der Waals surface area contributed by atoms with Gasteiger partial charge in [0.2, 0.25) is 5.91 Å². The number of hydrogen-bond donors (Lipinski definition) is 1. The molecule has 3 aromatic rings. The van der Waals surface area contributed by atoms with Crippen molar-refractivity contribution in [3.8, 4) is 0 Å².